The summed E-state index contributed by atoms with van der Waals surface area (Å²) in [5.41, 5.74) is 2.48. The maximum atomic E-state index is 13.2. The number of carbonyl (C=O) groups is 2. The molecule has 0 aliphatic heterocycles. The highest BCUT2D eigenvalue weighted by molar-refractivity contribution is 7.98. The van der Waals surface area contributed by atoms with Crippen LogP contribution in [0.1, 0.15) is 56.5 Å². The molecule has 1 aliphatic rings. The van der Waals surface area contributed by atoms with E-state index in [0.717, 1.165) is 16.7 Å². The Morgan fingerprint density at radius 1 is 1.04 bits per heavy atom. The minimum Gasteiger partial charge on any atom is -0.493 e. The number of aryl methyl sites for hydroxylation is 1. The highest BCUT2D eigenvalue weighted by Gasteiger charge is 2.31. The predicted molar refractivity (Wildman–Crippen MR) is 177 cm³/mol. The van der Waals surface area contributed by atoms with Crippen LogP contribution in [0.5, 0.6) is 23.0 Å². The van der Waals surface area contributed by atoms with E-state index in [1.807, 2.05) is 18.4 Å². The number of alkyl carbamates (subject to hydrolysis) is 1. The molecular weight excluding hydrogens is 628 g/mol. The van der Waals surface area contributed by atoms with Crippen LogP contribution in [0.2, 0.25) is 0 Å². The van der Waals surface area contributed by atoms with Gasteiger partial charge in [-0.3, -0.25) is 4.79 Å². The van der Waals surface area contributed by atoms with Crippen LogP contribution in [0.15, 0.2) is 35.3 Å². The first-order valence-electron chi connectivity index (χ1n) is 15.0. The Balaban J connectivity index is 1.66. The van der Waals surface area contributed by atoms with Crippen molar-refractivity contribution in [1.82, 2.24) is 20.3 Å². The molecule has 2 aromatic carbocycles. The number of ether oxygens (including phenoxy) is 6. The van der Waals surface area contributed by atoms with Gasteiger partial charge in [-0.15, -0.1) is 5.10 Å². The van der Waals surface area contributed by atoms with Gasteiger partial charge in [0.1, 0.15) is 23.9 Å². The maximum Gasteiger partial charge on any atom is 0.408 e. The maximum absolute atomic E-state index is 13.2. The number of esters is 1. The Hall–Kier alpha value is -4.46. The molecule has 1 heterocycles. The summed E-state index contributed by atoms with van der Waals surface area (Å²) in [4.78, 5) is 38.6. The lowest BCUT2D eigenvalue weighted by Crippen LogP contribution is -2.44. The normalized spacial score (nSPS) is 14.5. The highest BCUT2D eigenvalue weighted by Crippen LogP contribution is 2.50. The third kappa shape index (κ3) is 8.28. The summed E-state index contributed by atoms with van der Waals surface area (Å²) in [6.07, 6.45) is 4.38. The number of benzene rings is 1. The van der Waals surface area contributed by atoms with Crippen LogP contribution in [-0.4, -0.2) is 79.1 Å². The molecule has 0 bridgehead atoms. The number of fused-ring (bicyclic) bond motifs is 3. The molecule has 14 heteroatoms. The molecule has 0 fully saturated rings. The van der Waals surface area contributed by atoms with E-state index in [2.05, 4.69) is 15.6 Å². The van der Waals surface area contributed by atoms with Gasteiger partial charge in [-0.2, -0.15) is 11.8 Å². The average molecular weight is 671 g/mol. The molecule has 1 N–H and O–H groups in total. The van der Waals surface area contributed by atoms with Crippen LogP contribution in [-0.2, 0) is 27.3 Å². The number of rotatable bonds is 12. The number of nitrogens with one attached hydrogen (secondary N) is 1. The van der Waals surface area contributed by atoms with Crippen LogP contribution in [0.4, 0.5) is 4.79 Å². The number of thioether (sulfide) groups is 1. The number of amides is 1. The lowest BCUT2D eigenvalue weighted by molar-refractivity contribution is -0.147. The van der Waals surface area contributed by atoms with Crippen molar-refractivity contribution in [2.24, 2.45) is 0 Å². The minimum absolute atomic E-state index is 0.171. The van der Waals surface area contributed by atoms with Crippen LogP contribution in [0, 0.1) is 0 Å². The SMILES string of the molecule is COc1cc2c(c(OC)c1OC)-c1ccc(OC)c(=O)cc1[C@@H](n1cc(COC(=O)[C@H](CCSC)NC(=O)OC(C)(C)C)nn1)CC2. The Morgan fingerprint density at radius 3 is 2.40 bits per heavy atom. The molecule has 4 rings (SSSR count). The second-order valence-corrected chi connectivity index (χ2v) is 12.8. The van der Waals surface area contributed by atoms with Crippen molar-refractivity contribution in [3.05, 3.63) is 57.5 Å². The van der Waals surface area contributed by atoms with E-state index < -0.39 is 29.7 Å². The fraction of sp³-hybridized carbons (Fsp3) is 0.485. The van der Waals surface area contributed by atoms with Gasteiger partial charge >= 0.3 is 12.1 Å². The summed E-state index contributed by atoms with van der Waals surface area (Å²) in [6, 6.07) is 5.60. The monoisotopic (exact) mass is 670 g/mol. The lowest BCUT2D eigenvalue weighted by atomic mass is 9.95. The van der Waals surface area contributed by atoms with E-state index >= 15 is 0 Å². The molecule has 0 unspecified atom stereocenters. The van der Waals surface area contributed by atoms with Crippen molar-refractivity contribution in [3.8, 4) is 34.1 Å². The smallest absolute Gasteiger partial charge is 0.408 e. The van der Waals surface area contributed by atoms with Gasteiger partial charge in [-0.05, 0) is 86.9 Å². The Kier molecular flexibility index (Phi) is 11.6. The molecule has 1 amide bonds. The van der Waals surface area contributed by atoms with Crippen molar-refractivity contribution in [2.75, 3.05) is 40.4 Å². The highest BCUT2D eigenvalue weighted by atomic mass is 32.2. The van der Waals surface area contributed by atoms with E-state index in [1.165, 1.54) is 7.11 Å². The molecule has 0 saturated heterocycles. The van der Waals surface area contributed by atoms with Crippen LogP contribution in [0.3, 0.4) is 0 Å². The summed E-state index contributed by atoms with van der Waals surface area (Å²) in [7, 11) is 6.11. The molecule has 47 heavy (non-hydrogen) atoms. The molecule has 1 aliphatic carbocycles. The average Bonchev–Trinajstić information content (AvgIpc) is 3.37. The summed E-state index contributed by atoms with van der Waals surface area (Å²) in [5, 5.41) is 11.2. The standard InChI is InChI=1S/C33H42N4O9S/c1-33(2,3)46-32(40)34-23(13-14-47-8)31(39)45-18-20-17-37(36-35-20)24-11-9-19-15-27(42-5)29(43-6)30(44-7)28(19)21-10-12-26(41-4)25(38)16-22(21)24/h10,12,15-17,23-24H,9,11,13-14,18H2,1-8H3,(H,34,40)/t23-,24-/m0/s1. The first-order chi connectivity index (χ1) is 22.4. The third-order valence-electron chi connectivity index (χ3n) is 7.51. The molecule has 1 aromatic heterocycles. The fourth-order valence-corrected chi connectivity index (χ4v) is 5.90. The zero-order chi connectivity index (χ0) is 34.3. The largest absolute Gasteiger partial charge is 0.493 e. The number of aromatic nitrogens is 3. The first kappa shape index (κ1) is 35.4. The zero-order valence-electron chi connectivity index (χ0n) is 28.0. The zero-order valence-corrected chi connectivity index (χ0v) is 28.8. The molecule has 2 atom stereocenters. The van der Waals surface area contributed by atoms with Crippen molar-refractivity contribution < 1.29 is 38.0 Å². The van der Waals surface area contributed by atoms with Gasteiger partial charge in [0.15, 0.2) is 17.2 Å². The second kappa shape index (κ2) is 15.4. The predicted octanol–water partition coefficient (Wildman–Crippen LogP) is 4.56. The fourth-order valence-electron chi connectivity index (χ4n) is 5.43. The topological polar surface area (TPSA) is 149 Å². The van der Waals surface area contributed by atoms with Gasteiger partial charge in [-0.1, -0.05) is 11.3 Å². The summed E-state index contributed by atoms with van der Waals surface area (Å²) in [5.74, 6) is 1.62. The molecule has 0 saturated carbocycles. The number of carbonyl (C=O) groups excluding carboxylic acids is 2. The van der Waals surface area contributed by atoms with Crippen molar-refractivity contribution >= 4 is 23.8 Å². The van der Waals surface area contributed by atoms with Crippen molar-refractivity contribution in [2.45, 2.75) is 64.3 Å². The van der Waals surface area contributed by atoms with Crippen LogP contribution >= 0.6 is 11.8 Å². The van der Waals surface area contributed by atoms with E-state index in [1.54, 1.807) is 76.9 Å². The molecular formula is C33H42N4O9S. The van der Waals surface area contributed by atoms with E-state index in [-0.39, 0.29) is 17.8 Å². The Bertz CT molecular complexity index is 1650. The van der Waals surface area contributed by atoms with Gasteiger partial charge < -0.3 is 33.7 Å². The molecule has 254 valence electrons. The van der Waals surface area contributed by atoms with Gasteiger partial charge in [0.25, 0.3) is 0 Å². The summed E-state index contributed by atoms with van der Waals surface area (Å²) >= 11 is 1.54. The van der Waals surface area contributed by atoms with Gasteiger partial charge in [0, 0.05) is 5.56 Å². The minimum atomic E-state index is -0.894. The molecule has 3 aromatic rings. The van der Waals surface area contributed by atoms with Gasteiger partial charge in [0.05, 0.1) is 40.7 Å². The molecule has 13 nitrogen and oxygen atoms in total. The Morgan fingerprint density at radius 2 is 1.77 bits per heavy atom. The van der Waals surface area contributed by atoms with Crippen molar-refractivity contribution in [3.63, 3.8) is 0 Å². The summed E-state index contributed by atoms with van der Waals surface area (Å²) < 4.78 is 35.1. The van der Waals surface area contributed by atoms with E-state index in [4.69, 9.17) is 28.4 Å². The number of methoxy groups -OCH3 is 4. The third-order valence-corrected chi connectivity index (χ3v) is 8.16. The second-order valence-electron chi connectivity index (χ2n) is 11.8. The Labute approximate surface area is 278 Å². The van der Waals surface area contributed by atoms with Gasteiger partial charge in [-0.25, -0.2) is 14.3 Å². The van der Waals surface area contributed by atoms with Crippen LogP contribution < -0.4 is 29.7 Å². The van der Waals surface area contributed by atoms with Crippen molar-refractivity contribution in [1.29, 1.82) is 0 Å². The van der Waals surface area contributed by atoms with Crippen LogP contribution in [0.25, 0.3) is 11.1 Å². The lowest BCUT2D eigenvalue weighted by Gasteiger charge is -2.22. The first-order valence-corrected chi connectivity index (χ1v) is 16.4. The number of hydrogen-bond acceptors (Lipinski definition) is 12. The summed E-state index contributed by atoms with van der Waals surface area (Å²) in [6.45, 7) is 5.06. The number of nitrogens with zero attached hydrogens (tertiary/aromatic N) is 3. The number of hydrogen-bond donors (Lipinski definition) is 1. The van der Waals surface area contributed by atoms with Gasteiger partial charge in [0.2, 0.25) is 11.2 Å². The quantitative estimate of drug-likeness (QED) is 0.269. The van der Waals surface area contributed by atoms with E-state index in [9.17, 15) is 14.4 Å². The van der Waals surface area contributed by atoms with E-state index in [0.29, 0.717) is 53.5 Å². The molecule has 0 radical (unpaired) electrons. The molecule has 0 spiro atoms.